The molecule has 0 unspecified atom stereocenters. The third-order valence-corrected chi connectivity index (χ3v) is 2.17. The van der Waals surface area contributed by atoms with Gasteiger partial charge in [-0.05, 0) is 26.8 Å². The van der Waals surface area contributed by atoms with Crippen molar-refractivity contribution in [1.29, 1.82) is 0 Å². The highest BCUT2D eigenvalue weighted by atomic mass is 19.1. The maximum Gasteiger partial charge on any atom is 0.127 e. The van der Waals surface area contributed by atoms with Crippen LogP contribution in [0.5, 0.6) is 0 Å². The fraction of sp³-hybridized carbons (Fsp3) is 0.385. The van der Waals surface area contributed by atoms with Gasteiger partial charge in [-0.25, -0.2) is 4.39 Å². The zero-order valence-corrected chi connectivity index (χ0v) is 9.60. The summed E-state index contributed by atoms with van der Waals surface area (Å²) in [5.74, 6) is -0.134. The summed E-state index contributed by atoms with van der Waals surface area (Å²) in [6, 6.07) is 5.19. The lowest BCUT2D eigenvalue weighted by Gasteiger charge is -2.05. The molecule has 0 aliphatic heterocycles. The Morgan fingerprint density at radius 3 is 2.80 bits per heavy atom. The van der Waals surface area contributed by atoms with E-state index in [4.69, 9.17) is 0 Å². The molecule has 0 bridgehead atoms. The van der Waals surface area contributed by atoms with Gasteiger partial charge in [0.1, 0.15) is 5.82 Å². The van der Waals surface area contributed by atoms with Gasteiger partial charge in [-0.15, -0.1) is 0 Å². The summed E-state index contributed by atoms with van der Waals surface area (Å²) in [5, 5.41) is 3.18. The summed E-state index contributed by atoms with van der Waals surface area (Å²) < 4.78 is 13.3. The van der Waals surface area contributed by atoms with Crippen LogP contribution in [-0.2, 0) is 6.54 Å². The van der Waals surface area contributed by atoms with Gasteiger partial charge in [0.15, 0.2) is 0 Å². The Hall–Kier alpha value is -1.15. The van der Waals surface area contributed by atoms with Gasteiger partial charge >= 0.3 is 0 Å². The van der Waals surface area contributed by atoms with Crippen molar-refractivity contribution in [2.75, 3.05) is 6.54 Å². The van der Waals surface area contributed by atoms with Crippen molar-refractivity contribution in [3.05, 3.63) is 46.8 Å². The average molecular weight is 207 g/mol. The summed E-state index contributed by atoms with van der Waals surface area (Å²) in [7, 11) is 0. The highest BCUT2D eigenvalue weighted by molar-refractivity contribution is 5.23. The lowest BCUT2D eigenvalue weighted by molar-refractivity contribution is 0.596. The first-order chi connectivity index (χ1) is 7.09. The van der Waals surface area contributed by atoms with Crippen molar-refractivity contribution >= 4 is 0 Å². The van der Waals surface area contributed by atoms with Crippen LogP contribution in [0.4, 0.5) is 4.39 Å². The molecule has 1 aromatic rings. The van der Waals surface area contributed by atoms with Crippen molar-refractivity contribution in [2.45, 2.75) is 27.3 Å². The number of allylic oxidation sites excluding steroid dienone is 1. The standard InChI is InChI=1S/C13H18FN/c1-10(2)6-7-15-9-12-8-11(3)4-5-13(12)14/h4-6,8,15H,7,9H2,1-3H3. The largest absolute Gasteiger partial charge is 0.309 e. The molecule has 0 aliphatic rings. The van der Waals surface area contributed by atoms with Crippen LogP contribution in [0.1, 0.15) is 25.0 Å². The molecule has 0 radical (unpaired) electrons. The third kappa shape index (κ3) is 4.26. The SMILES string of the molecule is CC(C)=CCNCc1cc(C)ccc1F. The fourth-order valence-corrected chi connectivity index (χ4v) is 1.32. The highest BCUT2D eigenvalue weighted by Crippen LogP contribution is 2.09. The molecule has 82 valence electrons. The maximum atomic E-state index is 13.3. The lowest BCUT2D eigenvalue weighted by Crippen LogP contribution is -2.14. The zero-order valence-electron chi connectivity index (χ0n) is 9.60. The Kier molecular flexibility index (Phi) is 4.50. The smallest absolute Gasteiger partial charge is 0.127 e. The molecule has 0 fully saturated rings. The molecule has 1 nitrogen and oxygen atoms in total. The third-order valence-electron chi connectivity index (χ3n) is 2.17. The van der Waals surface area contributed by atoms with Crippen LogP contribution in [0.25, 0.3) is 0 Å². The molecule has 1 rings (SSSR count). The van der Waals surface area contributed by atoms with E-state index in [2.05, 4.69) is 25.2 Å². The second-order valence-corrected chi connectivity index (χ2v) is 4.01. The van der Waals surface area contributed by atoms with Crippen LogP contribution >= 0.6 is 0 Å². The van der Waals surface area contributed by atoms with Gasteiger partial charge in [-0.3, -0.25) is 0 Å². The van der Waals surface area contributed by atoms with Crippen molar-refractivity contribution in [3.8, 4) is 0 Å². The molecule has 0 saturated heterocycles. The Morgan fingerprint density at radius 2 is 2.13 bits per heavy atom. The van der Waals surface area contributed by atoms with E-state index in [0.29, 0.717) is 6.54 Å². The molecule has 0 spiro atoms. The number of hydrogen-bond acceptors (Lipinski definition) is 1. The topological polar surface area (TPSA) is 12.0 Å². The van der Waals surface area contributed by atoms with Gasteiger partial charge in [0.05, 0.1) is 0 Å². The van der Waals surface area contributed by atoms with E-state index in [1.165, 1.54) is 11.6 Å². The molecule has 1 aromatic carbocycles. The first-order valence-electron chi connectivity index (χ1n) is 5.18. The van der Waals surface area contributed by atoms with E-state index in [-0.39, 0.29) is 5.82 Å². The second kappa shape index (κ2) is 5.66. The van der Waals surface area contributed by atoms with E-state index >= 15 is 0 Å². The Labute approximate surface area is 91.0 Å². The van der Waals surface area contributed by atoms with E-state index in [1.54, 1.807) is 6.07 Å². The molecular formula is C13H18FN. The van der Waals surface area contributed by atoms with E-state index in [1.807, 2.05) is 13.0 Å². The molecular weight excluding hydrogens is 189 g/mol. The van der Waals surface area contributed by atoms with E-state index in [9.17, 15) is 4.39 Å². The number of benzene rings is 1. The monoisotopic (exact) mass is 207 g/mol. The van der Waals surface area contributed by atoms with Gasteiger partial charge < -0.3 is 5.32 Å². The first-order valence-corrected chi connectivity index (χ1v) is 5.18. The number of nitrogens with one attached hydrogen (secondary N) is 1. The van der Waals surface area contributed by atoms with Crippen LogP contribution < -0.4 is 5.32 Å². The van der Waals surface area contributed by atoms with Crippen LogP contribution in [-0.4, -0.2) is 6.54 Å². The van der Waals surface area contributed by atoms with Crippen molar-refractivity contribution in [2.24, 2.45) is 0 Å². The number of aryl methyl sites for hydroxylation is 1. The highest BCUT2D eigenvalue weighted by Gasteiger charge is 2.00. The summed E-state index contributed by atoms with van der Waals surface area (Å²) >= 11 is 0. The number of rotatable bonds is 4. The van der Waals surface area contributed by atoms with Crippen LogP contribution in [0.3, 0.4) is 0 Å². The number of halogens is 1. The Bertz CT molecular complexity index is 352. The minimum atomic E-state index is -0.134. The molecule has 1 N–H and O–H groups in total. The van der Waals surface area contributed by atoms with Crippen LogP contribution in [0, 0.1) is 12.7 Å². The van der Waals surface area contributed by atoms with Crippen LogP contribution in [0.15, 0.2) is 29.8 Å². The number of hydrogen-bond donors (Lipinski definition) is 1. The van der Waals surface area contributed by atoms with Crippen molar-refractivity contribution in [3.63, 3.8) is 0 Å². The normalized spacial score (nSPS) is 10.1. The van der Waals surface area contributed by atoms with Gasteiger partial charge in [0.25, 0.3) is 0 Å². The molecule has 0 aromatic heterocycles. The van der Waals surface area contributed by atoms with Gasteiger partial charge in [0.2, 0.25) is 0 Å². The lowest BCUT2D eigenvalue weighted by atomic mass is 10.1. The van der Waals surface area contributed by atoms with Gasteiger partial charge in [0, 0.05) is 18.7 Å². The summed E-state index contributed by atoms with van der Waals surface area (Å²) in [6.07, 6.45) is 2.09. The first kappa shape index (κ1) is 11.9. The van der Waals surface area contributed by atoms with Gasteiger partial charge in [-0.1, -0.05) is 29.3 Å². The summed E-state index contributed by atoms with van der Waals surface area (Å²) in [6.45, 7) is 7.44. The minimum Gasteiger partial charge on any atom is -0.309 e. The molecule has 0 saturated carbocycles. The molecule has 2 heteroatoms. The predicted octanol–water partition coefficient (Wildman–Crippen LogP) is 3.19. The second-order valence-electron chi connectivity index (χ2n) is 4.01. The fourth-order valence-electron chi connectivity index (χ4n) is 1.32. The zero-order chi connectivity index (χ0) is 11.3. The molecule has 15 heavy (non-hydrogen) atoms. The van der Waals surface area contributed by atoms with Crippen molar-refractivity contribution in [1.82, 2.24) is 5.32 Å². The maximum absolute atomic E-state index is 13.3. The average Bonchev–Trinajstić information content (AvgIpc) is 2.17. The van der Waals surface area contributed by atoms with Gasteiger partial charge in [-0.2, -0.15) is 0 Å². The Balaban J connectivity index is 2.50. The predicted molar refractivity (Wildman–Crippen MR) is 62.3 cm³/mol. The Morgan fingerprint density at radius 1 is 1.40 bits per heavy atom. The molecule has 0 aliphatic carbocycles. The summed E-state index contributed by atoms with van der Waals surface area (Å²) in [4.78, 5) is 0. The van der Waals surface area contributed by atoms with E-state index < -0.39 is 0 Å². The van der Waals surface area contributed by atoms with Crippen LogP contribution in [0.2, 0.25) is 0 Å². The minimum absolute atomic E-state index is 0.134. The quantitative estimate of drug-likeness (QED) is 0.590. The molecule has 0 atom stereocenters. The molecule has 0 amide bonds. The summed E-state index contributed by atoms with van der Waals surface area (Å²) in [5.41, 5.74) is 3.10. The van der Waals surface area contributed by atoms with E-state index in [0.717, 1.165) is 17.7 Å². The molecule has 0 heterocycles. The van der Waals surface area contributed by atoms with Crippen molar-refractivity contribution < 1.29 is 4.39 Å².